The van der Waals surface area contributed by atoms with E-state index in [0.29, 0.717) is 18.3 Å². The maximum Gasteiger partial charge on any atom is 0.253 e. The summed E-state index contributed by atoms with van der Waals surface area (Å²) < 4.78 is 10.8. The van der Waals surface area contributed by atoms with E-state index in [1.54, 1.807) is 7.11 Å². The van der Waals surface area contributed by atoms with Crippen molar-refractivity contribution in [3.63, 3.8) is 0 Å². The number of carbonyl (C=O) groups is 1. The molecule has 4 rings (SSSR count). The van der Waals surface area contributed by atoms with Crippen LogP contribution in [-0.4, -0.2) is 41.1 Å². The number of rotatable bonds is 4. The van der Waals surface area contributed by atoms with Gasteiger partial charge in [0.05, 0.1) is 13.0 Å². The van der Waals surface area contributed by atoms with E-state index in [1.165, 1.54) is 5.56 Å². The minimum Gasteiger partial charge on any atom is -0.497 e. The second-order valence-corrected chi connectivity index (χ2v) is 9.10. The number of hydrogen-bond acceptors (Lipinski definition) is 5. The molecule has 0 N–H and O–H groups in total. The molecule has 3 aromatic rings. The first-order valence-electron chi connectivity index (χ1n) is 10.7. The van der Waals surface area contributed by atoms with Crippen LogP contribution in [0.25, 0.3) is 11.4 Å². The van der Waals surface area contributed by atoms with Crippen LogP contribution in [0.5, 0.6) is 5.75 Å². The molecule has 31 heavy (non-hydrogen) atoms. The largest absolute Gasteiger partial charge is 0.497 e. The van der Waals surface area contributed by atoms with Crippen LogP contribution in [0, 0.1) is 0 Å². The SMILES string of the molecule is COc1ccc(-c2noc([C@@H]3CCCN(C(=O)c4ccc(C(C)(C)C)cc4)C3)n2)cc1. The minimum absolute atomic E-state index is 0.0473. The van der Waals surface area contributed by atoms with Gasteiger partial charge in [0.1, 0.15) is 5.75 Å². The van der Waals surface area contributed by atoms with E-state index in [2.05, 4.69) is 30.9 Å². The fourth-order valence-corrected chi connectivity index (χ4v) is 3.92. The Labute approximate surface area is 183 Å². The number of carbonyl (C=O) groups excluding carboxylic acids is 1. The number of ether oxygens (including phenoxy) is 1. The highest BCUT2D eigenvalue weighted by Gasteiger charge is 2.29. The van der Waals surface area contributed by atoms with Gasteiger partial charge in [-0.25, -0.2) is 0 Å². The van der Waals surface area contributed by atoms with Crippen molar-refractivity contribution in [2.75, 3.05) is 20.2 Å². The summed E-state index contributed by atoms with van der Waals surface area (Å²) in [7, 11) is 1.64. The zero-order valence-electron chi connectivity index (χ0n) is 18.6. The molecule has 2 aromatic carbocycles. The Morgan fingerprint density at radius 3 is 2.45 bits per heavy atom. The van der Waals surface area contributed by atoms with E-state index in [0.717, 1.165) is 36.3 Å². The lowest BCUT2D eigenvalue weighted by Gasteiger charge is -2.31. The van der Waals surface area contributed by atoms with Crippen molar-refractivity contribution in [2.24, 2.45) is 0 Å². The Bertz CT molecular complexity index is 1030. The van der Waals surface area contributed by atoms with Crippen molar-refractivity contribution in [2.45, 2.75) is 44.9 Å². The molecule has 0 saturated carbocycles. The lowest BCUT2D eigenvalue weighted by Crippen LogP contribution is -2.39. The normalized spacial score (nSPS) is 16.9. The number of hydrogen-bond donors (Lipinski definition) is 0. The van der Waals surface area contributed by atoms with E-state index < -0.39 is 0 Å². The van der Waals surface area contributed by atoms with Crippen LogP contribution in [0.4, 0.5) is 0 Å². The maximum atomic E-state index is 13.1. The first kappa shape index (κ1) is 21.1. The Balaban J connectivity index is 1.46. The van der Waals surface area contributed by atoms with Crippen molar-refractivity contribution >= 4 is 5.91 Å². The quantitative estimate of drug-likeness (QED) is 0.591. The van der Waals surface area contributed by atoms with Crippen molar-refractivity contribution in [3.8, 4) is 17.1 Å². The summed E-state index contributed by atoms with van der Waals surface area (Å²) in [5.41, 5.74) is 2.88. The van der Waals surface area contributed by atoms with Crippen molar-refractivity contribution in [3.05, 3.63) is 65.5 Å². The Kier molecular flexibility index (Phi) is 5.81. The molecule has 1 aliphatic rings. The monoisotopic (exact) mass is 419 g/mol. The fourth-order valence-electron chi connectivity index (χ4n) is 3.92. The highest BCUT2D eigenvalue weighted by Crippen LogP contribution is 2.29. The zero-order chi connectivity index (χ0) is 22.0. The van der Waals surface area contributed by atoms with E-state index in [9.17, 15) is 4.79 Å². The van der Waals surface area contributed by atoms with Crippen LogP contribution in [-0.2, 0) is 5.41 Å². The van der Waals surface area contributed by atoms with Gasteiger partial charge in [0.15, 0.2) is 0 Å². The topological polar surface area (TPSA) is 68.5 Å². The molecule has 6 nitrogen and oxygen atoms in total. The number of aromatic nitrogens is 2. The van der Waals surface area contributed by atoms with Gasteiger partial charge < -0.3 is 14.2 Å². The van der Waals surface area contributed by atoms with Crippen LogP contribution in [0.3, 0.4) is 0 Å². The van der Waals surface area contributed by atoms with Crippen LogP contribution in [0.1, 0.15) is 61.3 Å². The summed E-state index contributed by atoms with van der Waals surface area (Å²) in [6, 6.07) is 15.5. The smallest absolute Gasteiger partial charge is 0.253 e. The molecule has 2 heterocycles. The van der Waals surface area contributed by atoms with E-state index in [-0.39, 0.29) is 17.2 Å². The lowest BCUT2D eigenvalue weighted by atomic mass is 9.86. The van der Waals surface area contributed by atoms with Crippen LogP contribution in [0.15, 0.2) is 53.1 Å². The molecule has 0 aliphatic carbocycles. The van der Waals surface area contributed by atoms with Gasteiger partial charge in [0.2, 0.25) is 11.7 Å². The summed E-state index contributed by atoms with van der Waals surface area (Å²) in [6.45, 7) is 7.84. The molecule has 6 heteroatoms. The first-order chi connectivity index (χ1) is 14.8. The Morgan fingerprint density at radius 1 is 1.10 bits per heavy atom. The van der Waals surface area contributed by atoms with Gasteiger partial charge in [0.25, 0.3) is 5.91 Å². The summed E-state index contributed by atoms with van der Waals surface area (Å²) >= 11 is 0. The van der Waals surface area contributed by atoms with Crippen LogP contribution >= 0.6 is 0 Å². The van der Waals surface area contributed by atoms with Crippen molar-refractivity contribution in [1.82, 2.24) is 15.0 Å². The molecule has 0 radical (unpaired) electrons. The second-order valence-electron chi connectivity index (χ2n) is 9.10. The summed E-state index contributed by atoms with van der Waals surface area (Å²) in [4.78, 5) is 19.6. The molecular weight excluding hydrogens is 390 g/mol. The third kappa shape index (κ3) is 4.63. The minimum atomic E-state index is 0.0473. The standard InChI is InChI=1S/C25H29N3O3/c1-25(2,3)20-11-7-18(8-12-20)24(29)28-15-5-6-19(16-28)23-26-22(27-31-23)17-9-13-21(30-4)14-10-17/h7-14,19H,5-6,15-16H2,1-4H3/t19-/m1/s1. The number of piperidine rings is 1. The van der Waals surface area contributed by atoms with Crippen LogP contribution < -0.4 is 4.74 Å². The molecule has 1 saturated heterocycles. The molecule has 162 valence electrons. The average Bonchev–Trinajstić information content (AvgIpc) is 3.29. The number of benzene rings is 2. The lowest BCUT2D eigenvalue weighted by molar-refractivity contribution is 0.0695. The van der Waals surface area contributed by atoms with E-state index >= 15 is 0 Å². The molecule has 1 fully saturated rings. The predicted molar refractivity (Wildman–Crippen MR) is 119 cm³/mol. The molecule has 1 aromatic heterocycles. The first-order valence-corrected chi connectivity index (χ1v) is 10.7. The van der Waals surface area contributed by atoms with Gasteiger partial charge in [-0.15, -0.1) is 0 Å². The number of methoxy groups -OCH3 is 1. The summed E-state index contributed by atoms with van der Waals surface area (Å²) in [5, 5.41) is 4.15. The van der Waals surface area contributed by atoms with Gasteiger partial charge >= 0.3 is 0 Å². The predicted octanol–water partition coefficient (Wildman–Crippen LogP) is 5.06. The van der Waals surface area contributed by atoms with Gasteiger partial charge in [-0.3, -0.25) is 4.79 Å². The summed E-state index contributed by atoms with van der Waals surface area (Å²) in [6.07, 6.45) is 1.84. The van der Waals surface area contributed by atoms with E-state index in [1.807, 2.05) is 53.4 Å². The highest BCUT2D eigenvalue weighted by molar-refractivity contribution is 5.94. The molecule has 0 bridgehead atoms. The summed E-state index contributed by atoms with van der Waals surface area (Å²) in [5.74, 6) is 2.03. The van der Waals surface area contributed by atoms with Gasteiger partial charge in [-0.2, -0.15) is 4.98 Å². The molecule has 0 spiro atoms. The molecular formula is C25H29N3O3. The van der Waals surface area contributed by atoms with Gasteiger partial charge in [-0.1, -0.05) is 38.1 Å². The number of likely N-dealkylation sites (tertiary alicyclic amines) is 1. The van der Waals surface area contributed by atoms with Crippen molar-refractivity contribution in [1.29, 1.82) is 0 Å². The number of nitrogens with zero attached hydrogens (tertiary/aromatic N) is 3. The Morgan fingerprint density at radius 2 is 1.81 bits per heavy atom. The molecule has 1 atom stereocenters. The molecule has 0 unspecified atom stereocenters. The zero-order valence-corrected chi connectivity index (χ0v) is 18.6. The van der Waals surface area contributed by atoms with Gasteiger partial charge in [-0.05, 0) is 60.2 Å². The number of amides is 1. The van der Waals surface area contributed by atoms with Gasteiger partial charge in [0, 0.05) is 24.2 Å². The maximum absolute atomic E-state index is 13.1. The third-order valence-corrected chi connectivity index (χ3v) is 5.85. The third-order valence-electron chi connectivity index (χ3n) is 5.85. The Hall–Kier alpha value is -3.15. The average molecular weight is 420 g/mol. The highest BCUT2D eigenvalue weighted by atomic mass is 16.5. The van der Waals surface area contributed by atoms with E-state index in [4.69, 9.17) is 9.26 Å². The van der Waals surface area contributed by atoms with Crippen molar-refractivity contribution < 1.29 is 14.1 Å². The second kappa shape index (κ2) is 8.53. The molecule has 1 amide bonds. The van der Waals surface area contributed by atoms with Crippen LogP contribution in [0.2, 0.25) is 0 Å². The molecule has 1 aliphatic heterocycles. The fraction of sp³-hybridized carbons (Fsp3) is 0.400.